The third kappa shape index (κ3) is 3.80. The predicted octanol–water partition coefficient (Wildman–Crippen LogP) is 1.70. The van der Waals surface area contributed by atoms with Crippen LogP contribution in [0.4, 0.5) is 0 Å². The smallest absolute Gasteiger partial charge is 0.0558 e. The van der Waals surface area contributed by atoms with Crippen molar-refractivity contribution >= 4 is 0 Å². The van der Waals surface area contributed by atoms with Crippen molar-refractivity contribution in [1.29, 1.82) is 0 Å². The highest BCUT2D eigenvalue weighted by Crippen LogP contribution is 2.22. The highest BCUT2D eigenvalue weighted by atomic mass is 16.3. The summed E-state index contributed by atoms with van der Waals surface area (Å²) in [5.74, 6) is 0. The van der Waals surface area contributed by atoms with Crippen molar-refractivity contribution < 1.29 is 5.11 Å². The second-order valence-corrected chi connectivity index (χ2v) is 4.37. The Bertz CT molecular complexity index is 322. The van der Waals surface area contributed by atoms with Gasteiger partial charge in [0.1, 0.15) is 0 Å². The van der Waals surface area contributed by atoms with E-state index in [1.165, 1.54) is 11.1 Å². The first-order valence-corrected chi connectivity index (χ1v) is 6.35. The molecule has 0 saturated carbocycles. The molecule has 0 heterocycles. The Hall–Kier alpha value is -0.900. The lowest BCUT2D eigenvalue weighted by Crippen LogP contribution is -2.36. The normalized spacial score (nSPS) is 13.0. The molecule has 1 aromatic rings. The van der Waals surface area contributed by atoms with E-state index in [9.17, 15) is 0 Å². The largest absolute Gasteiger partial charge is 0.395 e. The molecule has 17 heavy (non-hydrogen) atoms. The van der Waals surface area contributed by atoms with Crippen LogP contribution in [0.5, 0.6) is 0 Å². The topological polar surface area (TPSA) is 49.5 Å². The van der Waals surface area contributed by atoms with Gasteiger partial charge in [-0.1, -0.05) is 31.2 Å². The Morgan fingerprint density at radius 2 is 2.00 bits per heavy atom. The maximum Gasteiger partial charge on any atom is 0.0558 e. The summed E-state index contributed by atoms with van der Waals surface area (Å²) in [5.41, 5.74) is 8.45. The lowest BCUT2D eigenvalue weighted by molar-refractivity contribution is 0.153. The first-order valence-electron chi connectivity index (χ1n) is 6.35. The van der Waals surface area contributed by atoms with Crippen molar-refractivity contribution in [3.63, 3.8) is 0 Å². The highest BCUT2D eigenvalue weighted by molar-refractivity contribution is 5.29. The van der Waals surface area contributed by atoms with Crippen LogP contribution in [-0.4, -0.2) is 36.2 Å². The van der Waals surface area contributed by atoms with Gasteiger partial charge in [0.2, 0.25) is 0 Å². The highest BCUT2D eigenvalue weighted by Gasteiger charge is 2.19. The van der Waals surface area contributed by atoms with Gasteiger partial charge in [-0.15, -0.1) is 0 Å². The molecule has 0 radical (unpaired) electrons. The van der Waals surface area contributed by atoms with Crippen molar-refractivity contribution in [2.75, 3.05) is 26.2 Å². The molecule has 0 aromatic heterocycles. The number of aryl methyl sites for hydroxylation is 1. The van der Waals surface area contributed by atoms with Gasteiger partial charge in [-0.05, 0) is 31.0 Å². The summed E-state index contributed by atoms with van der Waals surface area (Å²) in [6.45, 7) is 6.69. The van der Waals surface area contributed by atoms with E-state index in [0.717, 1.165) is 13.0 Å². The molecule has 3 N–H and O–H groups in total. The lowest BCUT2D eigenvalue weighted by Gasteiger charge is -2.31. The second-order valence-electron chi connectivity index (χ2n) is 4.37. The molecule has 0 spiro atoms. The fourth-order valence-corrected chi connectivity index (χ4v) is 2.27. The first kappa shape index (κ1) is 14.2. The van der Waals surface area contributed by atoms with Crippen molar-refractivity contribution in [2.24, 2.45) is 5.73 Å². The zero-order valence-corrected chi connectivity index (χ0v) is 10.9. The van der Waals surface area contributed by atoms with E-state index in [-0.39, 0.29) is 12.6 Å². The van der Waals surface area contributed by atoms with Crippen LogP contribution in [0.15, 0.2) is 24.3 Å². The molecule has 3 heteroatoms. The number of nitrogens with zero attached hydrogens (tertiary/aromatic N) is 1. The van der Waals surface area contributed by atoms with E-state index in [2.05, 4.69) is 30.9 Å². The van der Waals surface area contributed by atoms with E-state index >= 15 is 0 Å². The van der Waals surface area contributed by atoms with Gasteiger partial charge < -0.3 is 10.8 Å². The van der Waals surface area contributed by atoms with Crippen LogP contribution in [0.2, 0.25) is 0 Å². The van der Waals surface area contributed by atoms with Gasteiger partial charge in [0.25, 0.3) is 0 Å². The van der Waals surface area contributed by atoms with Gasteiger partial charge in [0.15, 0.2) is 0 Å². The lowest BCUT2D eigenvalue weighted by atomic mass is 10.00. The van der Waals surface area contributed by atoms with E-state index < -0.39 is 0 Å². The number of hydrogen-bond donors (Lipinski definition) is 2. The van der Waals surface area contributed by atoms with Gasteiger partial charge in [0.05, 0.1) is 6.61 Å². The summed E-state index contributed by atoms with van der Waals surface area (Å²) in [4.78, 5) is 2.27. The van der Waals surface area contributed by atoms with Gasteiger partial charge in [0, 0.05) is 19.1 Å². The van der Waals surface area contributed by atoms with Gasteiger partial charge >= 0.3 is 0 Å². The molecule has 3 nitrogen and oxygen atoms in total. The molecule has 0 saturated heterocycles. The van der Waals surface area contributed by atoms with Gasteiger partial charge in [-0.2, -0.15) is 0 Å². The van der Waals surface area contributed by atoms with Crippen LogP contribution < -0.4 is 5.73 Å². The Balaban J connectivity index is 2.91. The van der Waals surface area contributed by atoms with E-state index in [4.69, 9.17) is 10.8 Å². The van der Waals surface area contributed by atoms with Crippen LogP contribution in [0.25, 0.3) is 0 Å². The standard InChI is InChI=1S/C14H24N2O/c1-3-8-16(9-10-17)14(11-15)13-7-5-4-6-12(13)2/h4-7,14,17H,3,8-11,15H2,1-2H3. The van der Waals surface area contributed by atoms with E-state index in [1.54, 1.807) is 0 Å². The van der Waals surface area contributed by atoms with Crippen molar-refractivity contribution in [1.82, 2.24) is 4.90 Å². The summed E-state index contributed by atoms with van der Waals surface area (Å²) in [7, 11) is 0. The molecule has 0 amide bonds. The Morgan fingerprint density at radius 1 is 1.29 bits per heavy atom. The summed E-state index contributed by atoms with van der Waals surface area (Å²) < 4.78 is 0. The maximum absolute atomic E-state index is 9.14. The molecule has 0 aliphatic rings. The number of nitrogens with two attached hydrogens (primary N) is 1. The van der Waals surface area contributed by atoms with Gasteiger partial charge in [-0.25, -0.2) is 0 Å². The van der Waals surface area contributed by atoms with Crippen LogP contribution in [0.3, 0.4) is 0 Å². The number of hydrogen-bond acceptors (Lipinski definition) is 3. The molecule has 0 aliphatic carbocycles. The second kappa shape index (κ2) is 7.43. The van der Waals surface area contributed by atoms with Crippen LogP contribution in [0, 0.1) is 6.92 Å². The van der Waals surface area contributed by atoms with Crippen molar-refractivity contribution in [3.05, 3.63) is 35.4 Å². The van der Waals surface area contributed by atoms with E-state index in [1.807, 2.05) is 12.1 Å². The Kier molecular flexibility index (Phi) is 6.19. The summed E-state index contributed by atoms with van der Waals surface area (Å²) >= 11 is 0. The fraction of sp³-hybridized carbons (Fsp3) is 0.571. The SMILES string of the molecule is CCCN(CCO)C(CN)c1ccccc1C. The number of benzene rings is 1. The number of aliphatic hydroxyl groups excluding tert-OH is 1. The molecule has 96 valence electrons. The zero-order valence-electron chi connectivity index (χ0n) is 10.9. The molecule has 1 unspecified atom stereocenters. The fourth-order valence-electron chi connectivity index (χ4n) is 2.27. The summed E-state index contributed by atoms with van der Waals surface area (Å²) in [6.07, 6.45) is 1.07. The van der Waals surface area contributed by atoms with Gasteiger partial charge in [-0.3, -0.25) is 4.90 Å². The molecule has 0 fully saturated rings. The third-order valence-electron chi connectivity index (χ3n) is 3.11. The summed E-state index contributed by atoms with van der Waals surface area (Å²) in [6, 6.07) is 8.55. The minimum Gasteiger partial charge on any atom is -0.395 e. The minimum absolute atomic E-state index is 0.183. The average molecular weight is 236 g/mol. The molecular formula is C14H24N2O. The zero-order chi connectivity index (χ0) is 12.7. The summed E-state index contributed by atoms with van der Waals surface area (Å²) in [5, 5.41) is 9.14. The van der Waals surface area contributed by atoms with Crippen LogP contribution in [-0.2, 0) is 0 Å². The monoisotopic (exact) mass is 236 g/mol. The Labute approximate surface area is 104 Å². The van der Waals surface area contributed by atoms with Crippen molar-refractivity contribution in [2.45, 2.75) is 26.3 Å². The van der Waals surface area contributed by atoms with Crippen LogP contribution >= 0.6 is 0 Å². The predicted molar refractivity (Wildman–Crippen MR) is 71.9 cm³/mol. The van der Waals surface area contributed by atoms with Crippen LogP contribution in [0.1, 0.15) is 30.5 Å². The Morgan fingerprint density at radius 3 is 2.53 bits per heavy atom. The molecule has 0 bridgehead atoms. The molecule has 0 aliphatic heterocycles. The average Bonchev–Trinajstić information content (AvgIpc) is 2.33. The number of rotatable bonds is 7. The third-order valence-corrected chi connectivity index (χ3v) is 3.11. The van der Waals surface area contributed by atoms with E-state index in [0.29, 0.717) is 13.1 Å². The number of aliphatic hydroxyl groups is 1. The minimum atomic E-state index is 0.183. The van der Waals surface area contributed by atoms with Crippen molar-refractivity contribution in [3.8, 4) is 0 Å². The molecule has 1 aromatic carbocycles. The molecule has 1 rings (SSSR count). The quantitative estimate of drug-likeness (QED) is 0.757. The molecular weight excluding hydrogens is 212 g/mol. The molecule has 1 atom stereocenters. The first-order chi connectivity index (χ1) is 8.24. The maximum atomic E-state index is 9.14.